The van der Waals surface area contributed by atoms with Crippen LogP contribution in [0.5, 0.6) is 0 Å². The summed E-state index contributed by atoms with van der Waals surface area (Å²) in [6.45, 7) is 2.35. The number of sulfonamides is 1. The monoisotopic (exact) mass is 465 g/mol. The van der Waals surface area contributed by atoms with Crippen molar-refractivity contribution in [3.8, 4) is 0 Å². The SMILES string of the molecule is Cc1cc(S(=O)(=O)Nc2ccn(Cc3c(F)c(F)c(F)c(F)c3F)n2)c(C)cc1Cl. The lowest BCUT2D eigenvalue weighted by Gasteiger charge is -2.11. The normalized spacial score (nSPS) is 11.7. The topological polar surface area (TPSA) is 64.0 Å². The van der Waals surface area contributed by atoms with Crippen LogP contribution in [0.2, 0.25) is 5.02 Å². The third-order valence-electron chi connectivity index (χ3n) is 4.25. The molecule has 12 heteroatoms. The molecule has 0 fully saturated rings. The van der Waals surface area contributed by atoms with Crippen LogP contribution in [0.25, 0.3) is 0 Å². The van der Waals surface area contributed by atoms with E-state index in [4.69, 9.17) is 11.6 Å². The average Bonchev–Trinajstić information content (AvgIpc) is 3.11. The molecule has 0 aliphatic rings. The second-order valence-electron chi connectivity index (χ2n) is 6.42. The van der Waals surface area contributed by atoms with Crippen LogP contribution in [0.3, 0.4) is 0 Å². The van der Waals surface area contributed by atoms with Gasteiger partial charge in [0, 0.05) is 17.3 Å². The van der Waals surface area contributed by atoms with Crippen molar-refractivity contribution in [2.24, 2.45) is 0 Å². The van der Waals surface area contributed by atoms with Crippen molar-refractivity contribution in [2.45, 2.75) is 25.3 Å². The number of aryl methyl sites for hydroxylation is 2. The van der Waals surface area contributed by atoms with E-state index >= 15 is 0 Å². The van der Waals surface area contributed by atoms with Crippen LogP contribution in [0.15, 0.2) is 29.3 Å². The van der Waals surface area contributed by atoms with E-state index in [0.29, 0.717) is 16.1 Å². The molecule has 1 N–H and O–H groups in total. The van der Waals surface area contributed by atoms with Gasteiger partial charge in [0.05, 0.1) is 17.0 Å². The van der Waals surface area contributed by atoms with Gasteiger partial charge in [-0.25, -0.2) is 30.4 Å². The van der Waals surface area contributed by atoms with Gasteiger partial charge in [0.15, 0.2) is 29.1 Å². The van der Waals surface area contributed by atoms with E-state index in [1.165, 1.54) is 18.2 Å². The minimum absolute atomic E-state index is 0.0567. The van der Waals surface area contributed by atoms with E-state index in [0.717, 1.165) is 10.9 Å². The molecule has 0 radical (unpaired) electrons. The molecule has 0 spiro atoms. The Morgan fingerprint density at radius 3 is 2.13 bits per heavy atom. The number of anilines is 1. The Bertz CT molecular complexity index is 1230. The van der Waals surface area contributed by atoms with Gasteiger partial charge in [-0.05, 0) is 37.1 Å². The number of nitrogens with one attached hydrogen (secondary N) is 1. The summed E-state index contributed by atoms with van der Waals surface area (Å²) < 4.78 is 95.7. The highest BCUT2D eigenvalue weighted by Gasteiger charge is 2.26. The van der Waals surface area contributed by atoms with Crippen molar-refractivity contribution in [1.82, 2.24) is 9.78 Å². The van der Waals surface area contributed by atoms with Crippen LogP contribution in [-0.2, 0) is 16.6 Å². The smallest absolute Gasteiger partial charge is 0.263 e. The predicted octanol–water partition coefficient (Wildman–Crippen LogP) is 4.70. The highest BCUT2D eigenvalue weighted by atomic mass is 35.5. The Hall–Kier alpha value is -2.66. The van der Waals surface area contributed by atoms with E-state index in [2.05, 4.69) is 9.82 Å². The zero-order chi connectivity index (χ0) is 22.4. The zero-order valence-electron chi connectivity index (χ0n) is 15.4. The Labute approximate surface area is 173 Å². The highest BCUT2D eigenvalue weighted by Crippen LogP contribution is 2.26. The maximum Gasteiger partial charge on any atom is 0.263 e. The molecular weight excluding hydrogens is 453 g/mol. The van der Waals surface area contributed by atoms with Crippen molar-refractivity contribution >= 4 is 27.4 Å². The summed E-state index contributed by atoms with van der Waals surface area (Å²) in [7, 11) is -4.08. The lowest BCUT2D eigenvalue weighted by Crippen LogP contribution is -2.16. The zero-order valence-corrected chi connectivity index (χ0v) is 17.0. The minimum atomic E-state index is -4.08. The van der Waals surface area contributed by atoms with Crippen molar-refractivity contribution in [2.75, 3.05) is 4.72 Å². The first-order chi connectivity index (χ1) is 13.9. The fourth-order valence-corrected chi connectivity index (χ4v) is 4.22. The summed E-state index contributed by atoms with van der Waals surface area (Å²) in [5.41, 5.74) is -0.202. The molecule has 2 aromatic carbocycles. The van der Waals surface area contributed by atoms with Crippen LogP contribution in [0.1, 0.15) is 16.7 Å². The molecule has 0 atom stereocenters. The quantitative estimate of drug-likeness (QED) is 0.337. The first-order valence-electron chi connectivity index (χ1n) is 8.25. The molecule has 5 nitrogen and oxygen atoms in total. The fraction of sp³-hybridized carbons (Fsp3) is 0.167. The number of halogens is 6. The van der Waals surface area contributed by atoms with Crippen LogP contribution in [-0.4, -0.2) is 18.2 Å². The number of aromatic nitrogens is 2. The number of nitrogens with zero attached hydrogens (tertiary/aromatic N) is 2. The molecule has 0 bridgehead atoms. The van der Waals surface area contributed by atoms with E-state index in [9.17, 15) is 30.4 Å². The number of benzene rings is 2. The molecule has 0 saturated carbocycles. The predicted molar refractivity (Wildman–Crippen MR) is 99.3 cm³/mol. The summed E-state index contributed by atoms with van der Waals surface area (Å²) in [5.74, 6) is -10.6. The summed E-state index contributed by atoms with van der Waals surface area (Å²) >= 11 is 5.97. The van der Waals surface area contributed by atoms with Gasteiger partial charge < -0.3 is 0 Å². The van der Waals surface area contributed by atoms with Crippen molar-refractivity contribution in [3.63, 3.8) is 0 Å². The number of hydrogen-bond donors (Lipinski definition) is 1. The van der Waals surface area contributed by atoms with Gasteiger partial charge in [0.25, 0.3) is 10.0 Å². The molecular formula is C18H13ClF5N3O2S. The largest absolute Gasteiger partial charge is 0.266 e. The second-order valence-corrected chi connectivity index (χ2v) is 8.48. The molecule has 3 aromatic rings. The van der Waals surface area contributed by atoms with Gasteiger partial charge >= 0.3 is 0 Å². The maximum absolute atomic E-state index is 13.8. The maximum atomic E-state index is 13.8. The molecule has 30 heavy (non-hydrogen) atoms. The third-order valence-corrected chi connectivity index (χ3v) is 6.15. The Morgan fingerprint density at radius 1 is 0.967 bits per heavy atom. The van der Waals surface area contributed by atoms with Gasteiger partial charge in [-0.3, -0.25) is 9.40 Å². The first kappa shape index (κ1) is 22.0. The average molecular weight is 466 g/mol. The van der Waals surface area contributed by atoms with Crippen molar-refractivity contribution in [3.05, 3.63) is 75.2 Å². The Morgan fingerprint density at radius 2 is 1.53 bits per heavy atom. The molecule has 3 rings (SSSR count). The van der Waals surface area contributed by atoms with E-state index < -0.39 is 51.2 Å². The van der Waals surface area contributed by atoms with Gasteiger partial charge in [0.2, 0.25) is 5.82 Å². The third kappa shape index (κ3) is 3.99. The van der Waals surface area contributed by atoms with E-state index in [-0.39, 0.29) is 10.7 Å². The lowest BCUT2D eigenvalue weighted by atomic mass is 10.1. The summed E-state index contributed by atoms with van der Waals surface area (Å²) in [5, 5.41) is 4.17. The van der Waals surface area contributed by atoms with Crippen molar-refractivity contribution in [1.29, 1.82) is 0 Å². The van der Waals surface area contributed by atoms with Gasteiger partial charge in [-0.1, -0.05) is 11.6 Å². The highest BCUT2D eigenvalue weighted by molar-refractivity contribution is 7.92. The molecule has 0 aliphatic heterocycles. The fourth-order valence-electron chi connectivity index (χ4n) is 2.69. The van der Waals surface area contributed by atoms with Crippen LogP contribution < -0.4 is 4.72 Å². The number of hydrogen-bond acceptors (Lipinski definition) is 3. The molecule has 1 heterocycles. The molecule has 0 amide bonds. The summed E-state index contributed by atoms with van der Waals surface area (Å²) in [6.07, 6.45) is 1.12. The van der Waals surface area contributed by atoms with E-state index in [1.54, 1.807) is 13.8 Å². The van der Waals surface area contributed by atoms with E-state index in [1.807, 2.05) is 0 Å². The van der Waals surface area contributed by atoms with Gasteiger partial charge in [0.1, 0.15) is 0 Å². The summed E-state index contributed by atoms with van der Waals surface area (Å²) in [4.78, 5) is -0.0567. The second kappa shape index (κ2) is 7.88. The van der Waals surface area contributed by atoms with Gasteiger partial charge in [-0.15, -0.1) is 0 Å². The first-order valence-corrected chi connectivity index (χ1v) is 10.1. The van der Waals surface area contributed by atoms with Crippen LogP contribution in [0, 0.1) is 42.9 Å². The van der Waals surface area contributed by atoms with Gasteiger partial charge in [-0.2, -0.15) is 5.10 Å². The standard InChI is InChI=1S/C18H13ClF5N3O2S/c1-8-6-12(9(2)5-11(8)19)30(28,29)26-13-3-4-27(25-13)7-10-14(20)16(22)18(24)17(23)15(10)21/h3-6H,7H2,1-2H3,(H,25,26). The van der Waals surface area contributed by atoms with Crippen molar-refractivity contribution < 1.29 is 30.4 Å². The van der Waals surface area contributed by atoms with Crippen LogP contribution in [0.4, 0.5) is 27.8 Å². The minimum Gasteiger partial charge on any atom is -0.266 e. The lowest BCUT2D eigenvalue weighted by molar-refractivity contribution is 0.367. The molecule has 0 aliphatic carbocycles. The Kier molecular flexibility index (Phi) is 5.79. The number of rotatable bonds is 5. The Balaban J connectivity index is 1.89. The molecule has 0 saturated heterocycles. The molecule has 0 unspecified atom stereocenters. The molecule has 160 valence electrons. The summed E-state index contributed by atoms with van der Waals surface area (Å²) in [6, 6.07) is 4.01. The molecule has 1 aromatic heterocycles. The van der Waals surface area contributed by atoms with Crippen LogP contribution >= 0.6 is 11.6 Å².